The molecule has 3 rings (SSSR count). The van der Waals surface area contributed by atoms with Crippen LogP contribution in [0.15, 0.2) is 36.4 Å². The van der Waals surface area contributed by atoms with Crippen molar-refractivity contribution in [3.8, 4) is 17.2 Å². The number of aliphatic hydroxyl groups excluding tert-OH is 3. The van der Waals surface area contributed by atoms with Crippen LogP contribution in [0.25, 0.3) is 0 Å². The van der Waals surface area contributed by atoms with Gasteiger partial charge in [-0.25, -0.2) is 4.79 Å². The molecule has 1 aliphatic heterocycles. The summed E-state index contributed by atoms with van der Waals surface area (Å²) in [6.45, 7) is 2.95. The molecule has 1 fully saturated rings. The summed E-state index contributed by atoms with van der Waals surface area (Å²) in [5, 5.41) is 49.7. The van der Waals surface area contributed by atoms with E-state index in [0.29, 0.717) is 16.9 Å². The van der Waals surface area contributed by atoms with Gasteiger partial charge in [0.15, 0.2) is 0 Å². The molecule has 5 N–H and O–H groups in total. The number of aryl methyl sites for hydroxylation is 2. The first-order valence-electron chi connectivity index (χ1n) is 9.30. The highest BCUT2D eigenvalue weighted by Crippen LogP contribution is 2.30. The third-order valence-electron chi connectivity index (χ3n) is 4.89. The summed E-state index contributed by atoms with van der Waals surface area (Å²) in [6, 6.07) is 8.44. The van der Waals surface area contributed by atoms with E-state index in [1.165, 1.54) is 30.3 Å². The first kappa shape index (κ1) is 21.8. The van der Waals surface area contributed by atoms with Crippen LogP contribution in [0.2, 0.25) is 0 Å². The first-order chi connectivity index (χ1) is 14.2. The van der Waals surface area contributed by atoms with Gasteiger partial charge in [0, 0.05) is 0 Å². The lowest BCUT2D eigenvalue weighted by Crippen LogP contribution is -2.60. The smallest absolute Gasteiger partial charge is 0.338 e. The number of benzene rings is 2. The first-order valence-corrected chi connectivity index (χ1v) is 9.30. The average molecular weight is 420 g/mol. The Morgan fingerprint density at radius 3 is 2.30 bits per heavy atom. The maximum absolute atomic E-state index is 12.1. The quantitative estimate of drug-likeness (QED) is 0.442. The van der Waals surface area contributed by atoms with Gasteiger partial charge in [-0.2, -0.15) is 0 Å². The number of phenolic OH excluding ortho intramolecular Hbond substituents is 2. The Balaban J connectivity index is 1.69. The SMILES string of the molecule is Cc1cc(O[C@@H]2O[C@H](COC(=O)c3ccc(O)cc3)[C@@H](O)[C@H](O)[C@H]2O)c(C)cc1O. The van der Waals surface area contributed by atoms with Crippen molar-refractivity contribution < 1.29 is 44.5 Å². The largest absolute Gasteiger partial charge is 0.508 e. The van der Waals surface area contributed by atoms with Crippen LogP contribution >= 0.6 is 0 Å². The Morgan fingerprint density at radius 1 is 0.967 bits per heavy atom. The molecular weight excluding hydrogens is 396 g/mol. The van der Waals surface area contributed by atoms with Gasteiger partial charge in [0.1, 0.15) is 48.3 Å². The highest BCUT2D eigenvalue weighted by Gasteiger charge is 2.45. The average Bonchev–Trinajstić information content (AvgIpc) is 2.71. The number of hydrogen-bond acceptors (Lipinski definition) is 9. The maximum Gasteiger partial charge on any atom is 0.338 e. The lowest BCUT2D eigenvalue weighted by Gasteiger charge is -2.40. The molecule has 1 heterocycles. The van der Waals surface area contributed by atoms with Gasteiger partial charge in [-0.3, -0.25) is 0 Å². The number of esters is 1. The molecule has 1 saturated heterocycles. The zero-order chi connectivity index (χ0) is 22.0. The molecule has 0 unspecified atom stereocenters. The second-order valence-corrected chi connectivity index (χ2v) is 7.18. The van der Waals surface area contributed by atoms with Crippen molar-refractivity contribution in [2.24, 2.45) is 0 Å². The fraction of sp³-hybridized carbons (Fsp3) is 0.381. The highest BCUT2D eigenvalue weighted by atomic mass is 16.7. The van der Waals surface area contributed by atoms with Crippen molar-refractivity contribution in [2.45, 2.75) is 44.6 Å². The number of ether oxygens (including phenoxy) is 3. The van der Waals surface area contributed by atoms with E-state index in [2.05, 4.69) is 0 Å². The molecule has 0 saturated carbocycles. The zero-order valence-corrected chi connectivity index (χ0v) is 16.4. The Kier molecular flexibility index (Phi) is 6.47. The Bertz CT molecular complexity index is 896. The second kappa shape index (κ2) is 8.88. The summed E-state index contributed by atoms with van der Waals surface area (Å²) >= 11 is 0. The molecule has 0 aromatic heterocycles. The minimum absolute atomic E-state index is 0.00514. The Labute approximate surface area is 172 Å². The molecule has 0 spiro atoms. The van der Waals surface area contributed by atoms with Crippen molar-refractivity contribution in [1.82, 2.24) is 0 Å². The number of aliphatic hydroxyl groups is 3. The van der Waals surface area contributed by atoms with Crippen LogP contribution in [0.4, 0.5) is 0 Å². The van der Waals surface area contributed by atoms with Crippen LogP contribution in [-0.2, 0) is 9.47 Å². The zero-order valence-electron chi connectivity index (χ0n) is 16.4. The van der Waals surface area contributed by atoms with Gasteiger partial charge in [0.2, 0.25) is 6.29 Å². The molecule has 162 valence electrons. The highest BCUT2D eigenvalue weighted by molar-refractivity contribution is 5.89. The van der Waals surface area contributed by atoms with Crippen LogP contribution in [0.3, 0.4) is 0 Å². The van der Waals surface area contributed by atoms with Crippen LogP contribution in [-0.4, -0.2) is 68.8 Å². The fourth-order valence-electron chi connectivity index (χ4n) is 3.02. The van der Waals surface area contributed by atoms with E-state index >= 15 is 0 Å². The van der Waals surface area contributed by atoms with Crippen molar-refractivity contribution in [3.05, 3.63) is 53.1 Å². The minimum atomic E-state index is -1.60. The molecule has 9 nitrogen and oxygen atoms in total. The predicted octanol–water partition coefficient (Wildman–Crippen LogP) is 0.758. The number of phenols is 2. The summed E-state index contributed by atoms with van der Waals surface area (Å²) < 4.78 is 16.4. The predicted molar refractivity (Wildman–Crippen MR) is 103 cm³/mol. The van der Waals surface area contributed by atoms with Crippen molar-refractivity contribution in [1.29, 1.82) is 0 Å². The Morgan fingerprint density at radius 2 is 1.63 bits per heavy atom. The summed E-state index contributed by atoms with van der Waals surface area (Å²) in [6.07, 6.45) is -7.18. The van der Waals surface area contributed by atoms with Gasteiger partial charge in [-0.05, 0) is 61.4 Å². The number of hydrogen-bond donors (Lipinski definition) is 5. The van der Waals surface area contributed by atoms with Crippen LogP contribution in [0.5, 0.6) is 17.2 Å². The standard InChI is InChI=1S/C21H24O9/c1-10-8-15(11(2)7-14(10)23)29-21-19(26)18(25)17(24)16(30-21)9-28-20(27)12-3-5-13(22)6-4-12/h3-8,16-19,21-26H,9H2,1-2H3/t16-,17-,18+,19-,21-/m1/s1. The lowest BCUT2D eigenvalue weighted by atomic mass is 9.99. The molecule has 0 radical (unpaired) electrons. The topological polar surface area (TPSA) is 146 Å². The van der Waals surface area contributed by atoms with Crippen molar-refractivity contribution in [2.75, 3.05) is 6.61 Å². The Hall–Kier alpha value is -2.85. The number of carbonyl (C=O) groups is 1. The van der Waals surface area contributed by atoms with E-state index in [1.54, 1.807) is 19.9 Å². The van der Waals surface area contributed by atoms with E-state index in [4.69, 9.17) is 14.2 Å². The molecule has 2 aromatic carbocycles. The van der Waals surface area contributed by atoms with Gasteiger partial charge in [0.25, 0.3) is 0 Å². The molecule has 5 atom stereocenters. The summed E-state index contributed by atoms with van der Waals surface area (Å²) in [5.41, 5.74) is 1.30. The van der Waals surface area contributed by atoms with E-state index < -0.39 is 43.3 Å². The third-order valence-corrected chi connectivity index (χ3v) is 4.89. The number of carbonyl (C=O) groups excluding carboxylic acids is 1. The van der Waals surface area contributed by atoms with Crippen LogP contribution in [0, 0.1) is 13.8 Å². The van der Waals surface area contributed by atoms with Gasteiger partial charge >= 0.3 is 5.97 Å². The van der Waals surface area contributed by atoms with Gasteiger partial charge in [-0.15, -0.1) is 0 Å². The van der Waals surface area contributed by atoms with Crippen molar-refractivity contribution in [3.63, 3.8) is 0 Å². The molecule has 30 heavy (non-hydrogen) atoms. The molecule has 0 amide bonds. The summed E-state index contributed by atoms with van der Waals surface area (Å²) in [5.74, 6) is -0.319. The molecular formula is C21H24O9. The monoisotopic (exact) mass is 420 g/mol. The molecule has 1 aliphatic rings. The molecule has 9 heteroatoms. The minimum Gasteiger partial charge on any atom is -0.508 e. The second-order valence-electron chi connectivity index (χ2n) is 7.18. The lowest BCUT2D eigenvalue weighted by molar-refractivity contribution is -0.277. The van der Waals surface area contributed by atoms with Crippen LogP contribution < -0.4 is 4.74 Å². The van der Waals surface area contributed by atoms with Crippen molar-refractivity contribution >= 4 is 5.97 Å². The van der Waals surface area contributed by atoms with E-state index in [1.807, 2.05) is 0 Å². The molecule has 0 aliphatic carbocycles. The molecule has 2 aromatic rings. The van der Waals surface area contributed by atoms with Gasteiger partial charge < -0.3 is 39.7 Å². The fourth-order valence-corrected chi connectivity index (χ4v) is 3.02. The van der Waals surface area contributed by atoms with E-state index in [0.717, 1.165) is 0 Å². The van der Waals surface area contributed by atoms with E-state index in [9.17, 15) is 30.3 Å². The van der Waals surface area contributed by atoms with E-state index in [-0.39, 0.29) is 17.1 Å². The normalized spacial score (nSPS) is 26.2. The summed E-state index contributed by atoms with van der Waals surface area (Å²) in [4.78, 5) is 12.1. The maximum atomic E-state index is 12.1. The third kappa shape index (κ3) is 4.65. The number of rotatable bonds is 5. The molecule has 0 bridgehead atoms. The van der Waals surface area contributed by atoms with Gasteiger partial charge in [-0.1, -0.05) is 0 Å². The number of aromatic hydroxyl groups is 2. The summed E-state index contributed by atoms with van der Waals surface area (Å²) in [7, 11) is 0. The van der Waals surface area contributed by atoms with Gasteiger partial charge in [0.05, 0.1) is 5.56 Å². The van der Waals surface area contributed by atoms with Crippen LogP contribution in [0.1, 0.15) is 21.5 Å².